The molecule has 1 rings (SSSR count). The molecule has 7 heteroatoms. The van der Waals surface area contributed by atoms with E-state index in [0.29, 0.717) is 18.5 Å². The normalized spacial score (nSPS) is 12.0. The number of rotatable bonds is 7. The summed E-state index contributed by atoms with van der Waals surface area (Å²) in [5.74, 6) is 0.826. The van der Waals surface area contributed by atoms with Crippen molar-refractivity contribution in [2.24, 2.45) is 0 Å². The molecular weight excluding hydrogens is 222 g/mol. The fraction of sp³-hybridized carbons (Fsp3) is 0.700. The monoisotopic (exact) mass is 241 g/mol. The second-order valence-corrected chi connectivity index (χ2v) is 3.38. The molecule has 1 aromatic rings. The summed E-state index contributed by atoms with van der Waals surface area (Å²) in [7, 11) is 1.72. The van der Waals surface area contributed by atoms with Gasteiger partial charge in [0, 0.05) is 7.05 Å². The molecule has 3 N–H and O–H groups in total. The minimum absolute atomic E-state index is 0.0288. The lowest BCUT2D eigenvalue weighted by Gasteiger charge is -2.14. The minimum Gasteiger partial charge on any atom is -0.464 e. The Balaban J connectivity index is 2.85. The van der Waals surface area contributed by atoms with Gasteiger partial charge in [-0.3, -0.25) is 0 Å². The van der Waals surface area contributed by atoms with Gasteiger partial charge in [-0.15, -0.1) is 0 Å². The van der Waals surface area contributed by atoms with E-state index in [9.17, 15) is 0 Å². The van der Waals surface area contributed by atoms with Gasteiger partial charge in [-0.05, 0) is 13.3 Å². The van der Waals surface area contributed by atoms with Gasteiger partial charge in [-0.1, -0.05) is 6.92 Å². The maximum Gasteiger partial charge on any atom is 0.323 e. The van der Waals surface area contributed by atoms with Crippen LogP contribution in [-0.2, 0) is 0 Å². The van der Waals surface area contributed by atoms with Gasteiger partial charge in [-0.25, -0.2) is 0 Å². The molecular formula is C10H19N5O2. The Morgan fingerprint density at radius 3 is 2.47 bits per heavy atom. The number of nitrogens with zero attached hydrogens (tertiary/aromatic N) is 3. The molecule has 0 bridgehead atoms. The van der Waals surface area contributed by atoms with Crippen molar-refractivity contribution in [1.82, 2.24) is 15.0 Å². The van der Waals surface area contributed by atoms with E-state index in [-0.39, 0.29) is 18.7 Å². The molecule has 0 saturated heterocycles. The van der Waals surface area contributed by atoms with Gasteiger partial charge < -0.3 is 20.5 Å². The van der Waals surface area contributed by atoms with Crippen LogP contribution in [0.1, 0.15) is 20.3 Å². The summed E-state index contributed by atoms with van der Waals surface area (Å²) in [5, 5.41) is 15.0. The first-order valence-corrected chi connectivity index (χ1v) is 5.67. The second-order valence-electron chi connectivity index (χ2n) is 3.38. The summed E-state index contributed by atoms with van der Waals surface area (Å²) in [6, 6.07) is 0.193. The van der Waals surface area contributed by atoms with Gasteiger partial charge in [0.25, 0.3) is 0 Å². The molecule has 0 aliphatic heterocycles. The molecule has 0 spiro atoms. The van der Waals surface area contributed by atoms with Crippen LogP contribution in [0.4, 0.5) is 11.9 Å². The third-order valence-electron chi connectivity index (χ3n) is 2.16. The highest BCUT2D eigenvalue weighted by molar-refractivity contribution is 5.36. The Kier molecular flexibility index (Phi) is 5.41. The summed E-state index contributed by atoms with van der Waals surface area (Å²) < 4.78 is 5.23. The second kappa shape index (κ2) is 6.85. The molecule has 0 saturated carbocycles. The maximum absolute atomic E-state index is 9.11. The zero-order chi connectivity index (χ0) is 12.7. The van der Waals surface area contributed by atoms with Crippen LogP contribution in [0.2, 0.25) is 0 Å². The molecule has 0 aliphatic carbocycles. The Morgan fingerprint density at radius 2 is 1.94 bits per heavy atom. The molecule has 0 aromatic carbocycles. The Hall–Kier alpha value is -1.63. The third kappa shape index (κ3) is 4.03. The molecule has 7 nitrogen and oxygen atoms in total. The van der Waals surface area contributed by atoms with Crippen LogP contribution < -0.4 is 15.4 Å². The number of nitrogens with one attached hydrogen (secondary N) is 2. The van der Waals surface area contributed by atoms with Crippen molar-refractivity contribution >= 4 is 11.9 Å². The van der Waals surface area contributed by atoms with Crippen molar-refractivity contribution in [2.75, 3.05) is 30.9 Å². The Morgan fingerprint density at radius 1 is 1.24 bits per heavy atom. The lowest BCUT2D eigenvalue weighted by molar-refractivity contribution is 0.271. The van der Waals surface area contributed by atoms with Crippen LogP contribution in [0.15, 0.2) is 0 Å². The summed E-state index contributed by atoms with van der Waals surface area (Å²) in [6.45, 7) is 4.35. The van der Waals surface area contributed by atoms with E-state index in [1.807, 2.05) is 13.8 Å². The molecule has 0 amide bonds. The molecule has 96 valence electrons. The molecule has 0 aliphatic rings. The lowest BCUT2D eigenvalue weighted by Crippen LogP contribution is -2.24. The number of hydrogen-bond donors (Lipinski definition) is 3. The number of aromatic nitrogens is 3. The highest BCUT2D eigenvalue weighted by Gasteiger charge is 2.10. The van der Waals surface area contributed by atoms with Gasteiger partial charge in [0.2, 0.25) is 11.9 Å². The van der Waals surface area contributed by atoms with E-state index in [1.165, 1.54) is 0 Å². The van der Waals surface area contributed by atoms with Crippen LogP contribution in [0.5, 0.6) is 6.01 Å². The zero-order valence-electron chi connectivity index (χ0n) is 10.4. The maximum atomic E-state index is 9.11. The molecule has 17 heavy (non-hydrogen) atoms. The highest BCUT2D eigenvalue weighted by atomic mass is 16.5. The Bertz CT molecular complexity index is 343. The van der Waals surface area contributed by atoms with E-state index in [2.05, 4.69) is 25.6 Å². The van der Waals surface area contributed by atoms with Crippen LogP contribution in [0.3, 0.4) is 0 Å². The minimum atomic E-state index is -0.0726. The van der Waals surface area contributed by atoms with E-state index >= 15 is 0 Å². The molecule has 1 aromatic heterocycles. The van der Waals surface area contributed by atoms with Gasteiger partial charge in [0.1, 0.15) is 0 Å². The fourth-order valence-corrected chi connectivity index (χ4v) is 1.19. The predicted octanol–water partition coefficient (Wildman–Crippen LogP) is 0.495. The van der Waals surface area contributed by atoms with Crippen LogP contribution in [-0.4, -0.2) is 46.4 Å². The van der Waals surface area contributed by atoms with Crippen molar-refractivity contribution in [3.8, 4) is 6.01 Å². The van der Waals surface area contributed by atoms with Crippen molar-refractivity contribution in [1.29, 1.82) is 0 Å². The fourth-order valence-electron chi connectivity index (χ4n) is 1.19. The number of aliphatic hydroxyl groups is 1. The van der Waals surface area contributed by atoms with Crippen LogP contribution >= 0.6 is 0 Å². The number of aliphatic hydroxyl groups excluding tert-OH is 1. The predicted molar refractivity (Wildman–Crippen MR) is 65.3 cm³/mol. The average molecular weight is 241 g/mol. The smallest absolute Gasteiger partial charge is 0.323 e. The van der Waals surface area contributed by atoms with E-state index < -0.39 is 0 Å². The topological polar surface area (TPSA) is 92.2 Å². The van der Waals surface area contributed by atoms with Crippen LogP contribution in [0, 0.1) is 0 Å². The van der Waals surface area contributed by atoms with E-state index in [0.717, 1.165) is 6.42 Å². The first kappa shape index (κ1) is 13.4. The average Bonchev–Trinajstić information content (AvgIpc) is 2.36. The largest absolute Gasteiger partial charge is 0.464 e. The number of hydrogen-bond acceptors (Lipinski definition) is 7. The third-order valence-corrected chi connectivity index (χ3v) is 2.16. The quantitative estimate of drug-likeness (QED) is 0.640. The molecule has 1 unspecified atom stereocenters. The lowest BCUT2D eigenvalue weighted by atomic mass is 10.2. The summed E-state index contributed by atoms with van der Waals surface area (Å²) in [4.78, 5) is 12.3. The molecule has 1 heterocycles. The zero-order valence-corrected chi connectivity index (χ0v) is 10.4. The van der Waals surface area contributed by atoms with Gasteiger partial charge >= 0.3 is 6.01 Å². The first-order valence-electron chi connectivity index (χ1n) is 5.67. The van der Waals surface area contributed by atoms with E-state index in [4.69, 9.17) is 9.84 Å². The van der Waals surface area contributed by atoms with Crippen molar-refractivity contribution in [3.05, 3.63) is 0 Å². The van der Waals surface area contributed by atoms with Crippen molar-refractivity contribution in [3.63, 3.8) is 0 Å². The molecule has 0 fully saturated rings. The summed E-state index contributed by atoms with van der Waals surface area (Å²) in [5.41, 5.74) is 0. The molecule has 0 radical (unpaired) electrons. The van der Waals surface area contributed by atoms with Crippen molar-refractivity contribution in [2.45, 2.75) is 26.3 Å². The van der Waals surface area contributed by atoms with Crippen LogP contribution in [0.25, 0.3) is 0 Å². The van der Waals surface area contributed by atoms with Gasteiger partial charge in [0.15, 0.2) is 0 Å². The SMILES string of the molecule is CCOc1nc(NC)nc(NC(CC)CO)n1. The highest BCUT2D eigenvalue weighted by Crippen LogP contribution is 2.12. The van der Waals surface area contributed by atoms with Gasteiger partial charge in [-0.2, -0.15) is 15.0 Å². The van der Waals surface area contributed by atoms with Gasteiger partial charge in [0.05, 0.1) is 19.3 Å². The molecule has 1 atom stereocenters. The Labute approximate surface area is 101 Å². The number of ether oxygens (including phenoxy) is 1. The van der Waals surface area contributed by atoms with Crippen molar-refractivity contribution < 1.29 is 9.84 Å². The summed E-state index contributed by atoms with van der Waals surface area (Å²) in [6.07, 6.45) is 0.779. The number of anilines is 2. The van der Waals surface area contributed by atoms with E-state index in [1.54, 1.807) is 7.05 Å². The first-order chi connectivity index (χ1) is 8.23. The summed E-state index contributed by atoms with van der Waals surface area (Å²) >= 11 is 0. The standard InChI is InChI=1S/C10H19N5O2/c1-4-7(6-16)12-9-13-8(11-3)14-10(15-9)17-5-2/h7,16H,4-6H2,1-3H3,(H2,11,12,13,14,15).